The van der Waals surface area contributed by atoms with E-state index >= 15 is 0 Å². The Bertz CT molecular complexity index is 625. The molecule has 2 N–H and O–H groups in total. The monoisotopic (exact) mass is 230 g/mol. The highest BCUT2D eigenvalue weighted by atomic mass is 32.1. The van der Waals surface area contributed by atoms with Crippen LogP contribution in [0.5, 0.6) is 0 Å². The van der Waals surface area contributed by atoms with Gasteiger partial charge in [0.2, 0.25) is 0 Å². The van der Waals surface area contributed by atoms with Crippen LogP contribution in [-0.4, -0.2) is 22.0 Å². The van der Waals surface area contributed by atoms with Crippen LogP contribution >= 0.6 is 11.3 Å². The molecule has 4 nitrogen and oxygen atoms in total. The number of thiazole rings is 1. The van der Waals surface area contributed by atoms with Gasteiger partial charge in [0.1, 0.15) is 0 Å². The summed E-state index contributed by atoms with van der Waals surface area (Å²) in [6.07, 6.45) is 1.70. The average molecular weight is 230 g/mol. The van der Waals surface area contributed by atoms with E-state index < -0.39 is 0 Å². The molecule has 0 aliphatic rings. The van der Waals surface area contributed by atoms with Crippen molar-refractivity contribution in [2.75, 3.05) is 12.4 Å². The Morgan fingerprint density at radius 1 is 1.38 bits per heavy atom. The molecule has 0 bridgehead atoms. The molecule has 0 radical (unpaired) electrons. The zero-order chi connectivity index (χ0) is 11.0. The summed E-state index contributed by atoms with van der Waals surface area (Å²) in [5.74, 6) is 0. The molecule has 2 aromatic heterocycles. The Balaban J connectivity index is 2.10. The van der Waals surface area contributed by atoms with Gasteiger partial charge in [-0.1, -0.05) is 6.07 Å². The van der Waals surface area contributed by atoms with Crippen molar-refractivity contribution in [2.45, 2.75) is 0 Å². The summed E-state index contributed by atoms with van der Waals surface area (Å²) in [5.41, 5.74) is 4.12. The lowest BCUT2D eigenvalue weighted by molar-refractivity contribution is 1.34. The van der Waals surface area contributed by atoms with Crippen LogP contribution in [0.4, 0.5) is 5.13 Å². The molecular formula is C11H10N4S. The van der Waals surface area contributed by atoms with Crippen LogP contribution in [0.3, 0.4) is 0 Å². The molecule has 0 atom stereocenters. The largest absolute Gasteiger partial charge is 0.365 e. The maximum Gasteiger partial charge on any atom is 0.182 e. The molecule has 0 saturated heterocycles. The van der Waals surface area contributed by atoms with Crippen molar-refractivity contribution >= 4 is 27.5 Å². The second-order valence-electron chi connectivity index (χ2n) is 3.42. The fourth-order valence-corrected chi connectivity index (χ4v) is 2.30. The number of anilines is 1. The Morgan fingerprint density at radius 2 is 2.31 bits per heavy atom. The molecule has 5 heteroatoms. The normalized spacial score (nSPS) is 10.8. The fourth-order valence-electron chi connectivity index (χ4n) is 1.62. The smallest absolute Gasteiger partial charge is 0.182 e. The minimum atomic E-state index is 0.930. The summed E-state index contributed by atoms with van der Waals surface area (Å²) in [4.78, 5) is 11.8. The Labute approximate surface area is 96.4 Å². The van der Waals surface area contributed by atoms with Crippen molar-refractivity contribution in [2.24, 2.45) is 0 Å². The van der Waals surface area contributed by atoms with E-state index in [1.54, 1.807) is 17.7 Å². The van der Waals surface area contributed by atoms with Gasteiger partial charge in [-0.2, -0.15) is 0 Å². The minimum Gasteiger partial charge on any atom is -0.365 e. The van der Waals surface area contributed by atoms with E-state index in [2.05, 4.69) is 26.3 Å². The summed E-state index contributed by atoms with van der Waals surface area (Å²) in [7, 11) is 1.88. The number of imidazole rings is 1. The number of aromatic amines is 1. The summed E-state index contributed by atoms with van der Waals surface area (Å²) < 4.78 is 0. The fraction of sp³-hybridized carbons (Fsp3) is 0.0909. The topological polar surface area (TPSA) is 53.6 Å². The number of hydrogen-bond donors (Lipinski definition) is 2. The number of aromatic nitrogens is 3. The van der Waals surface area contributed by atoms with Crippen molar-refractivity contribution in [3.63, 3.8) is 0 Å². The molecular weight excluding hydrogens is 220 g/mol. The van der Waals surface area contributed by atoms with Crippen molar-refractivity contribution in [1.82, 2.24) is 15.0 Å². The maximum absolute atomic E-state index is 4.46. The molecule has 3 rings (SSSR count). The van der Waals surface area contributed by atoms with Crippen molar-refractivity contribution < 1.29 is 0 Å². The van der Waals surface area contributed by atoms with E-state index in [9.17, 15) is 0 Å². The summed E-state index contributed by atoms with van der Waals surface area (Å²) in [6, 6.07) is 6.11. The molecule has 0 aliphatic heterocycles. The maximum atomic E-state index is 4.46. The second-order valence-corrected chi connectivity index (χ2v) is 4.28. The lowest BCUT2D eigenvalue weighted by Gasteiger charge is -1.96. The van der Waals surface area contributed by atoms with Gasteiger partial charge in [-0.25, -0.2) is 9.97 Å². The van der Waals surface area contributed by atoms with Crippen LogP contribution in [0.2, 0.25) is 0 Å². The summed E-state index contributed by atoms with van der Waals surface area (Å²) >= 11 is 1.60. The molecule has 80 valence electrons. The first-order chi connectivity index (χ1) is 7.86. The van der Waals surface area contributed by atoms with Gasteiger partial charge >= 0.3 is 0 Å². The molecule has 16 heavy (non-hydrogen) atoms. The third-order valence-electron chi connectivity index (χ3n) is 2.43. The zero-order valence-corrected chi connectivity index (χ0v) is 9.51. The summed E-state index contributed by atoms with van der Waals surface area (Å²) in [6.45, 7) is 0. The van der Waals surface area contributed by atoms with Gasteiger partial charge in [0.25, 0.3) is 0 Å². The number of H-pyrrole nitrogens is 1. The van der Waals surface area contributed by atoms with Gasteiger partial charge < -0.3 is 10.3 Å². The van der Waals surface area contributed by atoms with Crippen LogP contribution < -0.4 is 5.32 Å². The van der Waals surface area contributed by atoms with Crippen LogP contribution in [0.1, 0.15) is 0 Å². The van der Waals surface area contributed by atoms with Crippen LogP contribution in [-0.2, 0) is 0 Å². The van der Waals surface area contributed by atoms with E-state index in [4.69, 9.17) is 0 Å². The van der Waals surface area contributed by atoms with E-state index in [0.29, 0.717) is 0 Å². The highest BCUT2D eigenvalue weighted by Crippen LogP contribution is 2.26. The number of nitrogens with one attached hydrogen (secondary N) is 2. The molecule has 0 saturated carbocycles. The van der Waals surface area contributed by atoms with Gasteiger partial charge in [-0.3, -0.25) is 0 Å². The predicted molar refractivity (Wildman–Crippen MR) is 66.7 cm³/mol. The molecule has 0 spiro atoms. The van der Waals surface area contributed by atoms with Gasteiger partial charge in [0.15, 0.2) is 5.13 Å². The molecule has 3 aromatic rings. The van der Waals surface area contributed by atoms with Crippen LogP contribution in [0.15, 0.2) is 29.9 Å². The van der Waals surface area contributed by atoms with Gasteiger partial charge in [0.05, 0.1) is 23.1 Å². The Morgan fingerprint density at radius 3 is 3.12 bits per heavy atom. The number of hydrogen-bond acceptors (Lipinski definition) is 4. The first-order valence-corrected chi connectivity index (χ1v) is 5.81. The van der Waals surface area contributed by atoms with E-state index in [-0.39, 0.29) is 0 Å². The van der Waals surface area contributed by atoms with Gasteiger partial charge in [-0.15, -0.1) is 11.3 Å². The van der Waals surface area contributed by atoms with Crippen molar-refractivity contribution in [1.29, 1.82) is 0 Å². The van der Waals surface area contributed by atoms with Gasteiger partial charge in [0, 0.05) is 18.0 Å². The van der Waals surface area contributed by atoms with E-state index in [1.807, 2.05) is 24.6 Å². The minimum absolute atomic E-state index is 0.930. The molecule has 2 heterocycles. The van der Waals surface area contributed by atoms with Crippen LogP contribution in [0, 0.1) is 0 Å². The van der Waals surface area contributed by atoms with Crippen LogP contribution in [0.25, 0.3) is 22.3 Å². The standard InChI is InChI=1S/C11H10N4S/c1-12-11-15-10(5-16-11)7-2-3-8-9(4-7)14-6-13-8/h2-6H,1H3,(H,12,15)(H,13,14). The van der Waals surface area contributed by atoms with E-state index in [0.717, 1.165) is 27.4 Å². The predicted octanol–water partition coefficient (Wildman–Crippen LogP) is 2.73. The average Bonchev–Trinajstić information content (AvgIpc) is 2.96. The lowest BCUT2D eigenvalue weighted by Crippen LogP contribution is -1.86. The molecule has 0 amide bonds. The Kier molecular flexibility index (Phi) is 2.11. The number of nitrogens with zero attached hydrogens (tertiary/aromatic N) is 2. The highest BCUT2D eigenvalue weighted by molar-refractivity contribution is 7.14. The van der Waals surface area contributed by atoms with Gasteiger partial charge in [-0.05, 0) is 12.1 Å². The number of benzene rings is 1. The zero-order valence-electron chi connectivity index (χ0n) is 8.69. The quantitative estimate of drug-likeness (QED) is 0.711. The highest BCUT2D eigenvalue weighted by Gasteiger charge is 2.05. The van der Waals surface area contributed by atoms with Crippen molar-refractivity contribution in [3.8, 4) is 11.3 Å². The third-order valence-corrected chi connectivity index (χ3v) is 3.29. The van der Waals surface area contributed by atoms with E-state index in [1.165, 1.54) is 0 Å². The number of fused-ring (bicyclic) bond motifs is 1. The molecule has 0 aliphatic carbocycles. The molecule has 1 aromatic carbocycles. The lowest BCUT2D eigenvalue weighted by atomic mass is 10.1. The first-order valence-electron chi connectivity index (χ1n) is 4.93. The summed E-state index contributed by atoms with van der Waals surface area (Å²) in [5, 5.41) is 6.01. The SMILES string of the molecule is CNc1nc(-c2ccc3nc[nH]c3c2)cs1. The van der Waals surface area contributed by atoms with Crippen molar-refractivity contribution in [3.05, 3.63) is 29.9 Å². The second kappa shape index (κ2) is 3.61. The first kappa shape index (κ1) is 9.35. The third kappa shape index (κ3) is 1.45. The molecule has 0 unspecified atom stereocenters. The Hall–Kier alpha value is -1.88. The molecule has 0 fully saturated rings. The number of rotatable bonds is 2.